The highest BCUT2D eigenvalue weighted by Crippen LogP contribution is 2.36. The summed E-state index contributed by atoms with van der Waals surface area (Å²) in [6, 6.07) is 6.75. The van der Waals surface area contributed by atoms with E-state index in [4.69, 9.17) is 14.2 Å². The van der Waals surface area contributed by atoms with Gasteiger partial charge in [0.2, 0.25) is 5.95 Å². The van der Waals surface area contributed by atoms with E-state index >= 15 is 0 Å². The highest BCUT2D eigenvalue weighted by atomic mass is 19.4. The first-order valence-electron chi connectivity index (χ1n) is 13.7. The topological polar surface area (TPSA) is 89.4 Å². The van der Waals surface area contributed by atoms with E-state index in [0.717, 1.165) is 12.0 Å². The smallest absolute Gasteiger partial charge is 0.408 e. The summed E-state index contributed by atoms with van der Waals surface area (Å²) in [5, 5.41) is 0. The number of halogens is 3. The molecule has 1 aromatic carbocycles. The number of benzene rings is 1. The van der Waals surface area contributed by atoms with Crippen molar-refractivity contribution in [3.63, 3.8) is 0 Å². The number of amides is 1. The number of carbonyl (C=O) groups excluding carboxylic acids is 1. The molecule has 0 saturated carbocycles. The van der Waals surface area contributed by atoms with Crippen molar-refractivity contribution in [2.75, 3.05) is 62.4 Å². The number of hydrogen-bond acceptors (Lipinski definition) is 8. The van der Waals surface area contributed by atoms with Crippen LogP contribution in [0.4, 0.5) is 24.9 Å². The average molecular weight is 564 g/mol. The summed E-state index contributed by atoms with van der Waals surface area (Å²) in [6.07, 6.45) is -3.49. The summed E-state index contributed by atoms with van der Waals surface area (Å²) in [5.74, 6) is 0.851. The van der Waals surface area contributed by atoms with E-state index in [1.165, 1.54) is 15.5 Å². The second-order valence-corrected chi connectivity index (χ2v) is 10.6. The predicted octanol–water partition coefficient (Wildman–Crippen LogP) is 1.84. The lowest BCUT2D eigenvalue weighted by Gasteiger charge is -2.39. The van der Waals surface area contributed by atoms with Gasteiger partial charge in [0.05, 0.1) is 32.0 Å². The van der Waals surface area contributed by atoms with Gasteiger partial charge in [0.25, 0.3) is 11.5 Å². The van der Waals surface area contributed by atoms with E-state index in [0.29, 0.717) is 57.4 Å². The Labute approximate surface area is 229 Å². The standard InChI is InChI=1S/C27H32F3N5O5/c28-27(29,30)22-6-8-34-24(36)14-23(35-15-21-13-19(35)16-39-21)31-26(34)33(22)7-5-18-1-3-20(4-2-18)40-17-25(37)32-9-11-38-12-10-32/h1-4,14,19,21-22H,5-13,15-17H2. The van der Waals surface area contributed by atoms with Gasteiger partial charge in [-0.05, 0) is 37.0 Å². The molecule has 0 N–H and O–H groups in total. The van der Waals surface area contributed by atoms with E-state index in [1.54, 1.807) is 29.2 Å². The zero-order chi connectivity index (χ0) is 27.9. The molecule has 0 radical (unpaired) electrons. The number of anilines is 2. The van der Waals surface area contributed by atoms with Crippen LogP contribution in [0, 0.1) is 0 Å². The summed E-state index contributed by atoms with van der Waals surface area (Å²) >= 11 is 0. The number of carbonyl (C=O) groups is 1. The highest BCUT2D eigenvalue weighted by molar-refractivity contribution is 5.77. The van der Waals surface area contributed by atoms with Crippen LogP contribution in [0.3, 0.4) is 0 Å². The molecule has 40 heavy (non-hydrogen) atoms. The van der Waals surface area contributed by atoms with Crippen LogP contribution in [-0.4, -0.2) is 97.3 Å². The van der Waals surface area contributed by atoms with Gasteiger partial charge in [-0.15, -0.1) is 0 Å². The maximum atomic E-state index is 14.1. The summed E-state index contributed by atoms with van der Waals surface area (Å²) in [5.41, 5.74) is 0.458. The minimum Gasteiger partial charge on any atom is -0.484 e. The molecule has 6 rings (SSSR count). The Morgan fingerprint density at radius 1 is 1.12 bits per heavy atom. The third-order valence-electron chi connectivity index (χ3n) is 8.10. The average Bonchev–Trinajstić information content (AvgIpc) is 3.59. The maximum absolute atomic E-state index is 14.1. The first kappa shape index (κ1) is 26.9. The van der Waals surface area contributed by atoms with Crippen molar-refractivity contribution in [2.45, 2.75) is 50.2 Å². The number of morpholine rings is 2. The van der Waals surface area contributed by atoms with Gasteiger partial charge in [-0.2, -0.15) is 18.2 Å². The van der Waals surface area contributed by atoms with Crippen LogP contribution in [-0.2, 0) is 27.2 Å². The number of nitrogens with zero attached hydrogens (tertiary/aromatic N) is 5. The van der Waals surface area contributed by atoms with Gasteiger partial charge in [0.1, 0.15) is 17.6 Å². The van der Waals surface area contributed by atoms with Gasteiger partial charge in [-0.25, -0.2) is 0 Å². The van der Waals surface area contributed by atoms with Gasteiger partial charge in [0.15, 0.2) is 6.61 Å². The summed E-state index contributed by atoms with van der Waals surface area (Å²) in [7, 11) is 0. The van der Waals surface area contributed by atoms with Crippen molar-refractivity contribution in [2.24, 2.45) is 0 Å². The predicted molar refractivity (Wildman–Crippen MR) is 139 cm³/mol. The summed E-state index contributed by atoms with van der Waals surface area (Å²) in [6.45, 7) is 3.11. The maximum Gasteiger partial charge on any atom is 0.408 e. The fraction of sp³-hybridized carbons (Fsp3) is 0.593. The second-order valence-electron chi connectivity index (χ2n) is 10.6. The van der Waals surface area contributed by atoms with Gasteiger partial charge >= 0.3 is 6.18 Å². The number of fused-ring (bicyclic) bond motifs is 3. The number of alkyl halides is 3. The van der Waals surface area contributed by atoms with Gasteiger partial charge in [-0.1, -0.05) is 12.1 Å². The molecule has 3 fully saturated rings. The molecule has 0 spiro atoms. The molecule has 216 valence electrons. The van der Waals surface area contributed by atoms with Crippen LogP contribution >= 0.6 is 0 Å². The van der Waals surface area contributed by atoms with Gasteiger partial charge in [0, 0.05) is 38.8 Å². The number of hydrogen-bond donors (Lipinski definition) is 0. The fourth-order valence-corrected chi connectivity index (χ4v) is 5.93. The quantitative estimate of drug-likeness (QED) is 0.505. The normalized spacial score (nSPS) is 24.4. The lowest BCUT2D eigenvalue weighted by Crippen LogP contribution is -2.53. The zero-order valence-electron chi connectivity index (χ0n) is 22.0. The van der Waals surface area contributed by atoms with Crippen LogP contribution in [0.1, 0.15) is 18.4 Å². The Bertz CT molecular complexity index is 1280. The number of aromatic nitrogens is 2. The Balaban J connectivity index is 1.16. The highest BCUT2D eigenvalue weighted by Gasteiger charge is 2.47. The second kappa shape index (κ2) is 10.9. The van der Waals surface area contributed by atoms with Crippen LogP contribution in [0.15, 0.2) is 35.1 Å². The number of ether oxygens (including phenoxy) is 3. The molecule has 5 heterocycles. The Hall–Kier alpha value is -3.32. The van der Waals surface area contributed by atoms with Crippen molar-refractivity contribution in [1.82, 2.24) is 14.5 Å². The minimum absolute atomic E-state index is 0.0327. The molecule has 3 atom stereocenters. The first-order valence-corrected chi connectivity index (χ1v) is 13.7. The molecule has 1 aromatic heterocycles. The van der Waals surface area contributed by atoms with Crippen LogP contribution in [0.2, 0.25) is 0 Å². The van der Waals surface area contributed by atoms with E-state index in [1.807, 2.05) is 4.90 Å². The molecule has 2 bridgehead atoms. The van der Waals surface area contributed by atoms with Crippen LogP contribution in [0.25, 0.3) is 0 Å². The van der Waals surface area contributed by atoms with Gasteiger partial charge in [-0.3, -0.25) is 14.2 Å². The molecule has 4 aliphatic rings. The number of rotatable bonds is 7. The van der Waals surface area contributed by atoms with Crippen LogP contribution in [0.5, 0.6) is 5.75 Å². The van der Waals surface area contributed by atoms with Crippen molar-refractivity contribution >= 4 is 17.7 Å². The fourth-order valence-electron chi connectivity index (χ4n) is 5.93. The first-order chi connectivity index (χ1) is 19.3. The molecule has 3 unspecified atom stereocenters. The SMILES string of the molecule is O=C(COc1ccc(CCN2c3nc(N4CC5CC4CO5)cc(=O)n3CCC2C(F)(F)F)cc1)N1CCOCC1. The molecular weight excluding hydrogens is 531 g/mol. The van der Waals surface area contributed by atoms with E-state index < -0.39 is 12.2 Å². The lowest BCUT2D eigenvalue weighted by molar-refractivity contribution is -0.152. The van der Waals surface area contributed by atoms with Crippen LogP contribution < -0.4 is 20.1 Å². The van der Waals surface area contributed by atoms with Crippen molar-refractivity contribution < 1.29 is 32.2 Å². The molecule has 4 aliphatic heterocycles. The monoisotopic (exact) mass is 563 g/mol. The third-order valence-corrected chi connectivity index (χ3v) is 8.10. The minimum atomic E-state index is -4.47. The Morgan fingerprint density at radius 2 is 1.90 bits per heavy atom. The molecular formula is C27H32F3N5O5. The lowest BCUT2D eigenvalue weighted by atomic mass is 10.1. The molecule has 3 saturated heterocycles. The zero-order valence-corrected chi connectivity index (χ0v) is 22.0. The van der Waals surface area contributed by atoms with Gasteiger partial charge < -0.3 is 28.9 Å². The third kappa shape index (κ3) is 5.49. The summed E-state index contributed by atoms with van der Waals surface area (Å²) < 4.78 is 60.3. The Morgan fingerprint density at radius 3 is 2.58 bits per heavy atom. The molecule has 2 aromatic rings. The van der Waals surface area contributed by atoms with Crippen molar-refractivity contribution in [1.29, 1.82) is 0 Å². The van der Waals surface area contributed by atoms with Crippen molar-refractivity contribution in [3.05, 3.63) is 46.2 Å². The molecule has 1 amide bonds. The molecule has 10 nitrogen and oxygen atoms in total. The summed E-state index contributed by atoms with van der Waals surface area (Å²) in [4.78, 5) is 34.8. The van der Waals surface area contributed by atoms with E-state index in [9.17, 15) is 22.8 Å². The van der Waals surface area contributed by atoms with E-state index in [2.05, 4.69) is 4.98 Å². The van der Waals surface area contributed by atoms with Crippen molar-refractivity contribution in [3.8, 4) is 5.75 Å². The Kier molecular flexibility index (Phi) is 7.34. The molecule has 13 heteroatoms. The van der Waals surface area contributed by atoms with E-state index in [-0.39, 0.29) is 55.7 Å². The largest absolute Gasteiger partial charge is 0.484 e. The molecule has 0 aliphatic carbocycles.